The number of rotatable bonds is 4. The summed E-state index contributed by atoms with van der Waals surface area (Å²) in [5.74, 6) is -0.840. The number of hydrogen-bond donors (Lipinski definition) is 1. The zero-order valence-electron chi connectivity index (χ0n) is 8.62. The molecular weight excluding hydrogens is 315 g/mol. The van der Waals surface area contributed by atoms with E-state index in [4.69, 9.17) is 10.7 Å². The molecule has 1 aromatic rings. The Kier molecular flexibility index (Phi) is 4.62. The van der Waals surface area contributed by atoms with E-state index in [0.29, 0.717) is 4.88 Å². The first-order valence-electron chi connectivity index (χ1n) is 4.45. The smallest absolute Gasteiger partial charge is 0.347 e. The second-order valence-corrected chi connectivity index (χ2v) is 7.19. The maximum absolute atomic E-state index is 11.8. The monoisotopic (exact) mass is 321 g/mol. The number of amides is 1. The van der Waals surface area contributed by atoms with Crippen LogP contribution in [0.15, 0.2) is 16.3 Å². The lowest BCUT2D eigenvalue weighted by Crippen LogP contribution is -2.34. The van der Waals surface area contributed by atoms with Crippen molar-refractivity contribution in [1.82, 2.24) is 5.32 Å². The maximum Gasteiger partial charge on any atom is 0.405 e. The molecule has 0 atom stereocenters. The predicted molar refractivity (Wildman–Crippen MR) is 60.1 cm³/mol. The van der Waals surface area contributed by atoms with Crippen molar-refractivity contribution >= 4 is 37.0 Å². The third-order valence-electron chi connectivity index (χ3n) is 1.70. The van der Waals surface area contributed by atoms with E-state index in [1.807, 2.05) is 0 Å². The molecule has 1 heterocycles. The van der Waals surface area contributed by atoms with Crippen LogP contribution in [0, 0.1) is 0 Å². The SMILES string of the molecule is O=C(Cc1ccc(S(=O)(=O)Cl)s1)NCC(F)(F)F. The molecule has 0 spiro atoms. The highest BCUT2D eigenvalue weighted by atomic mass is 35.7. The van der Waals surface area contributed by atoms with Crippen molar-refractivity contribution in [2.45, 2.75) is 16.8 Å². The van der Waals surface area contributed by atoms with Crippen LogP contribution in [0.3, 0.4) is 0 Å². The molecule has 1 aromatic heterocycles. The zero-order valence-corrected chi connectivity index (χ0v) is 11.0. The fraction of sp³-hybridized carbons (Fsp3) is 0.375. The lowest BCUT2D eigenvalue weighted by atomic mass is 10.3. The van der Waals surface area contributed by atoms with Gasteiger partial charge in [-0.3, -0.25) is 4.79 Å². The van der Waals surface area contributed by atoms with Gasteiger partial charge in [0.15, 0.2) is 0 Å². The predicted octanol–water partition coefficient (Wildman–Crippen LogP) is 1.90. The summed E-state index contributed by atoms with van der Waals surface area (Å²) in [4.78, 5) is 11.4. The Balaban J connectivity index is 2.58. The van der Waals surface area contributed by atoms with Gasteiger partial charge in [-0.05, 0) is 12.1 Å². The summed E-state index contributed by atoms with van der Waals surface area (Å²) in [6.07, 6.45) is -4.80. The fourth-order valence-electron chi connectivity index (χ4n) is 1.00. The highest BCUT2D eigenvalue weighted by Crippen LogP contribution is 2.25. The van der Waals surface area contributed by atoms with Gasteiger partial charge in [0.1, 0.15) is 10.8 Å². The van der Waals surface area contributed by atoms with Crippen molar-refractivity contribution in [2.75, 3.05) is 6.54 Å². The van der Waals surface area contributed by atoms with E-state index >= 15 is 0 Å². The van der Waals surface area contributed by atoms with Crippen molar-refractivity contribution in [3.8, 4) is 0 Å². The highest BCUT2D eigenvalue weighted by molar-refractivity contribution is 8.15. The molecule has 0 radical (unpaired) electrons. The van der Waals surface area contributed by atoms with Gasteiger partial charge in [0.25, 0.3) is 9.05 Å². The average Bonchev–Trinajstić information content (AvgIpc) is 2.61. The second kappa shape index (κ2) is 5.45. The van der Waals surface area contributed by atoms with E-state index in [9.17, 15) is 26.4 Å². The number of halogens is 4. The number of alkyl halides is 3. The lowest BCUT2D eigenvalue weighted by molar-refractivity contribution is -0.138. The lowest BCUT2D eigenvalue weighted by Gasteiger charge is -2.07. The van der Waals surface area contributed by atoms with Gasteiger partial charge in [0.05, 0.1) is 6.42 Å². The van der Waals surface area contributed by atoms with Gasteiger partial charge in [-0.2, -0.15) is 13.2 Å². The summed E-state index contributed by atoms with van der Waals surface area (Å²) < 4.78 is 57.1. The summed E-state index contributed by atoms with van der Waals surface area (Å²) in [5, 5.41) is 1.68. The minimum absolute atomic E-state index is 0.150. The van der Waals surface area contributed by atoms with E-state index in [2.05, 4.69) is 0 Å². The fourth-order valence-corrected chi connectivity index (χ4v) is 3.13. The van der Waals surface area contributed by atoms with Crippen molar-refractivity contribution in [3.05, 3.63) is 17.0 Å². The maximum atomic E-state index is 11.8. The van der Waals surface area contributed by atoms with Gasteiger partial charge in [0, 0.05) is 15.6 Å². The van der Waals surface area contributed by atoms with Crippen LogP contribution in [-0.4, -0.2) is 27.0 Å². The summed E-state index contributed by atoms with van der Waals surface area (Å²) in [7, 11) is 1.19. The summed E-state index contributed by atoms with van der Waals surface area (Å²) in [5.41, 5.74) is 0. The molecule has 0 unspecified atom stereocenters. The Bertz CT molecular complexity index is 538. The molecule has 0 bridgehead atoms. The number of nitrogens with one attached hydrogen (secondary N) is 1. The minimum Gasteiger partial charge on any atom is -0.347 e. The molecule has 10 heteroatoms. The molecular formula is C8H7ClF3NO3S2. The van der Waals surface area contributed by atoms with Crippen LogP contribution < -0.4 is 5.32 Å². The first-order chi connectivity index (χ1) is 8.08. The molecule has 0 aromatic carbocycles. The molecule has 4 nitrogen and oxygen atoms in total. The molecule has 0 aliphatic rings. The third kappa shape index (κ3) is 5.23. The van der Waals surface area contributed by atoms with E-state index in [-0.39, 0.29) is 10.6 Å². The van der Waals surface area contributed by atoms with Crippen molar-refractivity contribution in [1.29, 1.82) is 0 Å². The Morgan fingerprint density at radius 1 is 1.39 bits per heavy atom. The standard InChI is InChI=1S/C8H7ClF3NO3S2/c9-18(15,16)7-2-1-5(17-7)3-6(14)13-4-8(10,11)12/h1-2H,3-4H2,(H,13,14). The van der Waals surface area contributed by atoms with Gasteiger partial charge < -0.3 is 5.32 Å². The quantitative estimate of drug-likeness (QED) is 0.861. The van der Waals surface area contributed by atoms with Gasteiger partial charge >= 0.3 is 6.18 Å². The van der Waals surface area contributed by atoms with Gasteiger partial charge in [-0.15, -0.1) is 11.3 Å². The van der Waals surface area contributed by atoms with Gasteiger partial charge in [-0.1, -0.05) is 0 Å². The first kappa shape index (κ1) is 15.3. The highest BCUT2D eigenvalue weighted by Gasteiger charge is 2.27. The summed E-state index contributed by atoms with van der Waals surface area (Å²) in [6, 6.07) is 2.52. The molecule has 18 heavy (non-hydrogen) atoms. The third-order valence-corrected chi connectivity index (χ3v) is 4.88. The van der Waals surface area contributed by atoms with Crippen LogP contribution >= 0.6 is 22.0 Å². The number of carbonyl (C=O) groups excluding carboxylic acids is 1. The number of hydrogen-bond acceptors (Lipinski definition) is 4. The Morgan fingerprint density at radius 3 is 2.44 bits per heavy atom. The zero-order chi connectivity index (χ0) is 14.0. The molecule has 0 aliphatic carbocycles. The minimum atomic E-state index is -4.48. The van der Waals surface area contributed by atoms with Crippen molar-refractivity contribution < 1.29 is 26.4 Å². The average molecular weight is 322 g/mol. The molecule has 102 valence electrons. The molecule has 0 saturated carbocycles. The van der Waals surface area contributed by atoms with Crippen LogP contribution in [-0.2, 0) is 20.3 Å². The van der Waals surface area contributed by atoms with Gasteiger partial charge in [0.2, 0.25) is 5.91 Å². The molecule has 1 rings (SSSR count). The second-order valence-electron chi connectivity index (χ2n) is 3.23. The van der Waals surface area contributed by atoms with E-state index < -0.39 is 27.7 Å². The molecule has 0 saturated heterocycles. The van der Waals surface area contributed by atoms with Crippen molar-refractivity contribution in [3.63, 3.8) is 0 Å². The van der Waals surface area contributed by atoms with Gasteiger partial charge in [-0.25, -0.2) is 8.42 Å². The normalized spacial score (nSPS) is 12.4. The van der Waals surface area contributed by atoms with Crippen LogP contribution in [0.2, 0.25) is 0 Å². The summed E-state index contributed by atoms with van der Waals surface area (Å²) in [6.45, 7) is -1.42. The largest absolute Gasteiger partial charge is 0.405 e. The number of carbonyl (C=O) groups is 1. The van der Waals surface area contributed by atoms with Crippen LogP contribution in [0.25, 0.3) is 0 Å². The van der Waals surface area contributed by atoms with E-state index in [1.165, 1.54) is 12.1 Å². The number of thiophene rings is 1. The summed E-state index contributed by atoms with van der Waals surface area (Å²) >= 11 is 0.740. The molecule has 1 amide bonds. The molecule has 1 N–H and O–H groups in total. The van der Waals surface area contributed by atoms with Crippen molar-refractivity contribution in [2.24, 2.45) is 0 Å². The van der Waals surface area contributed by atoms with E-state index in [1.54, 1.807) is 5.32 Å². The molecule has 0 aliphatic heterocycles. The van der Waals surface area contributed by atoms with Crippen LogP contribution in [0.1, 0.15) is 4.88 Å². The Labute approximate surface area is 109 Å². The molecule has 0 fully saturated rings. The van der Waals surface area contributed by atoms with Crippen LogP contribution in [0.4, 0.5) is 13.2 Å². The first-order valence-corrected chi connectivity index (χ1v) is 7.57. The Hall–Kier alpha value is -0.800. The van der Waals surface area contributed by atoms with Crippen LogP contribution in [0.5, 0.6) is 0 Å². The topological polar surface area (TPSA) is 63.2 Å². The Morgan fingerprint density at radius 2 is 2.00 bits per heavy atom. The van der Waals surface area contributed by atoms with E-state index in [0.717, 1.165) is 11.3 Å².